The van der Waals surface area contributed by atoms with Crippen LogP contribution in [0.15, 0.2) is 36.5 Å². The van der Waals surface area contributed by atoms with Crippen LogP contribution in [0.3, 0.4) is 0 Å². The van der Waals surface area contributed by atoms with Crippen molar-refractivity contribution in [2.24, 2.45) is 0 Å². The second-order valence-corrected chi connectivity index (χ2v) is 4.67. The van der Waals surface area contributed by atoms with Crippen molar-refractivity contribution >= 4 is 16.7 Å². The SMILES string of the molecule is CCc1nc(N)cc(OC)c1-c1cccc2cc[nH]c12. The number of para-hydroxylation sites is 1. The Balaban J connectivity index is 2.36. The fourth-order valence-electron chi connectivity index (χ4n) is 2.59. The number of H-pyrrole nitrogens is 1. The van der Waals surface area contributed by atoms with E-state index in [2.05, 4.69) is 35.1 Å². The first-order valence-corrected chi connectivity index (χ1v) is 6.64. The van der Waals surface area contributed by atoms with E-state index in [0.717, 1.165) is 34.5 Å². The second kappa shape index (κ2) is 4.89. The number of aryl methyl sites for hydroxylation is 1. The van der Waals surface area contributed by atoms with Crippen LogP contribution in [0.5, 0.6) is 5.75 Å². The summed E-state index contributed by atoms with van der Waals surface area (Å²) in [5.74, 6) is 1.25. The van der Waals surface area contributed by atoms with Crippen LogP contribution in [0.2, 0.25) is 0 Å². The molecule has 4 heteroatoms. The molecular weight excluding hydrogens is 250 g/mol. The quantitative estimate of drug-likeness (QED) is 0.764. The Morgan fingerprint density at radius 2 is 2.15 bits per heavy atom. The molecule has 0 atom stereocenters. The predicted molar refractivity (Wildman–Crippen MR) is 81.9 cm³/mol. The minimum atomic E-state index is 0.487. The molecule has 0 bridgehead atoms. The predicted octanol–water partition coefficient (Wildman–Crippen LogP) is 3.38. The number of benzene rings is 1. The molecule has 2 heterocycles. The van der Waals surface area contributed by atoms with Gasteiger partial charge in [-0.3, -0.25) is 0 Å². The molecular formula is C16H17N3O. The Bertz CT molecular complexity index is 736. The molecule has 1 aromatic carbocycles. The number of hydrogen-bond donors (Lipinski definition) is 2. The van der Waals surface area contributed by atoms with Crippen molar-refractivity contribution in [3.8, 4) is 16.9 Å². The second-order valence-electron chi connectivity index (χ2n) is 4.67. The summed E-state index contributed by atoms with van der Waals surface area (Å²) in [7, 11) is 1.66. The normalized spacial score (nSPS) is 10.9. The first-order valence-electron chi connectivity index (χ1n) is 6.64. The lowest BCUT2D eigenvalue weighted by molar-refractivity contribution is 0.415. The van der Waals surface area contributed by atoms with Crippen molar-refractivity contribution in [1.29, 1.82) is 0 Å². The number of nitrogens with two attached hydrogens (primary N) is 1. The van der Waals surface area contributed by atoms with Gasteiger partial charge in [-0.2, -0.15) is 0 Å². The summed E-state index contributed by atoms with van der Waals surface area (Å²) >= 11 is 0. The van der Waals surface area contributed by atoms with Crippen LogP contribution in [0.25, 0.3) is 22.0 Å². The number of anilines is 1. The van der Waals surface area contributed by atoms with E-state index in [4.69, 9.17) is 10.5 Å². The summed E-state index contributed by atoms with van der Waals surface area (Å²) in [6.45, 7) is 2.07. The molecule has 0 amide bonds. The molecule has 2 aromatic heterocycles. The molecule has 0 spiro atoms. The summed E-state index contributed by atoms with van der Waals surface area (Å²) in [6, 6.07) is 10.0. The highest BCUT2D eigenvalue weighted by Crippen LogP contribution is 2.37. The summed E-state index contributed by atoms with van der Waals surface area (Å²) in [6.07, 6.45) is 2.74. The average Bonchev–Trinajstić information content (AvgIpc) is 2.94. The van der Waals surface area contributed by atoms with Crippen molar-refractivity contribution in [1.82, 2.24) is 9.97 Å². The largest absolute Gasteiger partial charge is 0.496 e. The molecule has 3 aromatic rings. The van der Waals surface area contributed by atoms with E-state index < -0.39 is 0 Å². The number of aromatic amines is 1. The molecule has 20 heavy (non-hydrogen) atoms. The van der Waals surface area contributed by atoms with Crippen molar-refractivity contribution in [3.05, 3.63) is 42.2 Å². The van der Waals surface area contributed by atoms with Gasteiger partial charge in [-0.15, -0.1) is 0 Å². The minimum Gasteiger partial charge on any atom is -0.496 e. The smallest absolute Gasteiger partial charge is 0.132 e. The fraction of sp³-hybridized carbons (Fsp3) is 0.188. The number of nitrogens with one attached hydrogen (secondary N) is 1. The van der Waals surface area contributed by atoms with Crippen LogP contribution in [0, 0.1) is 0 Å². The van der Waals surface area contributed by atoms with Crippen molar-refractivity contribution in [2.45, 2.75) is 13.3 Å². The summed E-state index contributed by atoms with van der Waals surface area (Å²) in [5.41, 5.74) is 9.99. The van der Waals surface area contributed by atoms with Gasteiger partial charge < -0.3 is 15.5 Å². The molecule has 3 rings (SSSR count). The molecule has 102 valence electrons. The number of ether oxygens (including phenoxy) is 1. The Labute approximate surface area is 117 Å². The number of hydrogen-bond acceptors (Lipinski definition) is 3. The molecule has 0 fully saturated rings. The molecule has 0 saturated carbocycles. The van der Waals surface area contributed by atoms with Crippen molar-refractivity contribution < 1.29 is 4.74 Å². The molecule has 0 aliphatic carbocycles. The van der Waals surface area contributed by atoms with E-state index >= 15 is 0 Å². The van der Waals surface area contributed by atoms with E-state index in [0.29, 0.717) is 5.82 Å². The third kappa shape index (κ3) is 1.90. The van der Waals surface area contributed by atoms with E-state index in [1.807, 2.05) is 12.3 Å². The molecule has 0 aliphatic rings. The maximum atomic E-state index is 5.85. The molecule has 0 aliphatic heterocycles. The van der Waals surface area contributed by atoms with Crippen molar-refractivity contribution in [3.63, 3.8) is 0 Å². The average molecular weight is 267 g/mol. The van der Waals surface area contributed by atoms with Gasteiger partial charge in [-0.1, -0.05) is 25.1 Å². The molecule has 0 radical (unpaired) electrons. The van der Waals surface area contributed by atoms with Gasteiger partial charge in [-0.25, -0.2) is 4.98 Å². The number of fused-ring (bicyclic) bond motifs is 1. The van der Waals surface area contributed by atoms with Gasteiger partial charge in [0.25, 0.3) is 0 Å². The van der Waals surface area contributed by atoms with Gasteiger partial charge in [0.2, 0.25) is 0 Å². The Hall–Kier alpha value is -2.49. The third-order valence-corrected chi connectivity index (χ3v) is 3.49. The summed E-state index contributed by atoms with van der Waals surface area (Å²) in [5, 5.41) is 1.17. The van der Waals surface area contributed by atoms with E-state index in [1.165, 1.54) is 5.39 Å². The Morgan fingerprint density at radius 1 is 1.30 bits per heavy atom. The number of pyridine rings is 1. The lowest BCUT2D eigenvalue weighted by atomic mass is 9.99. The number of nitrogen functional groups attached to an aromatic ring is 1. The van der Waals surface area contributed by atoms with Crippen molar-refractivity contribution in [2.75, 3.05) is 12.8 Å². The zero-order chi connectivity index (χ0) is 14.1. The molecule has 3 N–H and O–H groups in total. The van der Waals surface area contributed by atoms with Gasteiger partial charge in [-0.05, 0) is 17.9 Å². The first-order chi connectivity index (χ1) is 9.74. The van der Waals surface area contributed by atoms with Gasteiger partial charge >= 0.3 is 0 Å². The van der Waals surface area contributed by atoms with Crippen LogP contribution in [0.4, 0.5) is 5.82 Å². The standard InChI is InChI=1S/C16H17N3O/c1-3-12-15(13(20-2)9-14(17)19-12)11-6-4-5-10-7-8-18-16(10)11/h4-9,18H,3H2,1-2H3,(H2,17,19). The maximum absolute atomic E-state index is 5.85. The highest BCUT2D eigenvalue weighted by molar-refractivity contribution is 5.96. The van der Waals surface area contributed by atoms with Crippen LogP contribution in [-0.4, -0.2) is 17.1 Å². The van der Waals surface area contributed by atoms with Crippen LogP contribution < -0.4 is 10.5 Å². The van der Waals surface area contributed by atoms with E-state index in [1.54, 1.807) is 13.2 Å². The number of rotatable bonds is 3. The Kier molecular flexibility index (Phi) is 3.06. The van der Waals surface area contributed by atoms with Crippen LogP contribution >= 0.6 is 0 Å². The number of methoxy groups -OCH3 is 1. The number of nitrogens with zero attached hydrogens (tertiary/aromatic N) is 1. The lowest BCUT2D eigenvalue weighted by Crippen LogP contribution is -2.01. The van der Waals surface area contributed by atoms with Gasteiger partial charge in [0, 0.05) is 23.4 Å². The third-order valence-electron chi connectivity index (χ3n) is 3.49. The minimum absolute atomic E-state index is 0.487. The summed E-state index contributed by atoms with van der Waals surface area (Å²) < 4.78 is 5.51. The molecule has 4 nitrogen and oxygen atoms in total. The van der Waals surface area contributed by atoms with Gasteiger partial charge in [0.15, 0.2) is 0 Å². The van der Waals surface area contributed by atoms with Crippen LogP contribution in [0.1, 0.15) is 12.6 Å². The van der Waals surface area contributed by atoms with E-state index in [9.17, 15) is 0 Å². The highest BCUT2D eigenvalue weighted by Gasteiger charge is 2.16. The maximum Gasteiger partial charge on any atom is 0.132 e. The molecule has 0 saturated heterocycles. The Morgan fingerprint density at radius 3 is 2.90 bits per heavy atom. The number of aromatic nitrogens is 2. The zero-order valence-electron chi connectivity index (χ0n) is 11.6. The fourth-order valence-corrected chi connectivity index (χ4v) is 2.59. The zero-order valence-corrected chi connectivity index (χ0v) is 11.6. The van der Waals surface area contributed by atoms with Gasteiger partial charge in [0.1, 0.15) is 11.6 Å². The lowest BCUT2D eigenvalue weighted by Gasteiger charge is -2.14. The topological polar surface area (TPSA) is 63.9 Å². The van der Waals surface area contributed by atoms with Crippen LogP contribution in [-0.2, 0) is 6.42 Å². The van der Waals surface area contributed by atoms with Gasteiger partial charge in [0.05, 0.1) is 18.3 Å². The first kappa shape index (κ1) is 12.5. The van der Waals surface area contributed by atoms with E-state index in [-0.39, 0.29) is 0 Å². The molecule has 0 unspecified atom stereocenters. The highest BCUT2D eigenvalue weighted by atomic mass is 16.5. The summed E-state index contributed by atoms with van der Waals surface area (Å²) in [4.78, 5) is 7.74. The monoisotopic (exact) mass is 267 g/mol.